The molecule has 2 rings (SSSR count). The van der Waals surface area contributed by atoms with E-state index >= 15 is 0 Å². The molecule has 0 bridgehead atoms. The number of anilines is 1. The molecular weight excluding hydrogens is 412 g/mol. The molecule has 0 aliphatic heterocycles. The van der Waals surface area contributed by atoms with Crippen molar-refractivity contribution in [3.8, 4) is 5.75 Å². The standard InChI is InChI=1S/C24H34N2O4S/c1-19(2)30-23-15-11-21(12-16-23)7-5-17-25-24(27)8-6-18-26(31(4,28)29)22-13-9-20(3)10-14-22/h9-16,19H,5-8,17-18H2,1-4H3,(H,25,27). The Morgan fingerprint density at radius 1 is 1.03 bits per heavy atom. The molecule has 7 heteroatoms. The Kier molecular flexibility index (Phi) is 9.37. The van der Waals surface area contributed by atoms with E-state index in [4.69, 9.17) is 4.74 Å². The molecule has 2 aromatic rings. The highest BCUT2D eigenvalue weighted by atomic mass is 32.2. The first kappa shape index (κ1) is 24.7. The summed E-state index contributed by atoms with van der Waals surface area (Å²) < 4.78 is 31.2. The van der Waals surface area contributed by atoms with Crippen LogP contribution in [0.5, 0.6) is 5.75 Å². The van der Waals surface area contributed by atoms with E-state index in [1.54, 1.807) is 12.1 Å². The molecule has 0 aliphatic rings. The van der Waals surface area contributed by atoms with E-state index in [9.17, 15) is 13.2 Å². The van der Waals surface area contributed by atoms with Gasteiger partial charge in [0.05, 0.1) is 18.0 Å². The summed E-state index contributed by atoms with van der Waals surface area (Å²) in [4.78, 5) is 12.1. The van der Waals surface area contributed by atoms with Crippen molar-refractivity contribution in [2.24, 2.45) is 0 Å². The van der Waals surface area contributed by atoms with Crippen LogP contribution in [0.4, 0.5) is 5.69 Å². The van der Waals surface area contributed by atoms with Gasteiger partial charge in [-0.2, -0.15) is 0 Å². The van der Waals surface area contributed by atoms with Gasteiger partial charge in [-0.05, 0) is 69.9 Å². The molecule has 0 spiro atoms. The molecule has 1 amide bonds. The maximum absolute atomic E-state index is 12.1. The third kappa shape index (κ3) is 9.00. The van der Waals surface area contributed by atoms with Crippen molar-refractivity contribution in [2.45, 2.75) is 52.6 Å². The fourth-order valence-corrected chi connectivity index (χ4v) is 4.16. The molecule has 1 N–H and O–H groups in total. The van der Waals surface area contributed by atoms with E-state index in [0.717, 1.165) is 24.2 Å². The molecule has 170 valence electrons. The fourth-order valence-electron chi connectivity index (χ4n) is 3.20. The van der Waals surface area contributed by atoms with Crippen molar-refractivity contribution in [3.05, 3.63) is 59.7 Å². The highest BCUT2D eigenvalue weighted by Crippen LogP contribution is 2.19. The number of nitrogens with zero attached hydrogens (tertiary/aromatic N) is 1. The summed E-state index contributed by atoms with van der Waals surface area (Å²) >= 11 is 0. The second kappa shape index (κ2) is 11.7. The lowest BCUT2D eigenvalue weighted by Gasteiger charge is -2.22. The molecule has 0 aliphatic carbocycles. The largest absolute Gasteiger partial charge is 0.491 e. The van der Waals surface area contributed by atoms with Crippen LogP contribution in [0.25, 0.3) is 0 Å². The fraction of sp³-hybridized carbons (Fsp3) is 0.458. The van der Waals surface area contributed by atoms with Crippen LogP contribution in [0.1, 0.15) is 44.2 Å². The highest BCUT2D eigenvalue weighted by Gasteiger charge is 2.17. The second-order valence-corrected chi connectivity index (χ2v) is 9.95. The lowest BCUT2D eigenvalue weighted by atomic mass is 10.1. The van der Waals surface area contributed by atoms with Gasteiger partial charge in [-0.3, -0.25) is 9.10 Å². The summed E-state index contributed by atoms with van der Waals surface area (Å²) in [5, 5.41) is 2.92. The van der Waals surface area contributed by atoms with Gasteiger partial charge in [0, 0.05) is 19.5 Å². The number of rotatable bonds is 12. The molecule has 0 atom stereocenters. The van der Waals surface area contributed by atoms with Crippen LogP contribution in [0.15, 0.2) is 48.5 Å². The number of hydrogen-bond acceptors (Lipinski definition) is 4. The van der Waals surface area contributed by atoms with E-state index < -0.39 is 10.0 Å². The summed E-state index contributed by atoms with van der Waals surface area (Å²) in [6, 6.07) is 15.4. The number of sulfonamides is 1. The maximum atomic E-state index is 12.1. The first-order chi connectivity index (χ1) is 14.6. The van der Waals surface area contributed by atoms with Crippen molar-refractivity contribution in [1.29, 1.82) is 0 Å². The lowest BCUT2D eigenvalue weighted by molar-refractivity contribution is -0.121. The van der Waals surface area contributed by atoms with Crippen molar-refractivity contribution >= 4 is 21.6 Å². The molecule has 31 heavy (non-hydrogen) atoms. The van der Waals surface area contributed by atoms with Crippen molar-refractivity contribution in [2.75, 3.05) is 23.7 Å². The molecule has 0 heterocycles. The van der Waals surface area contributed by atoms with E-state index in [-0.39, 0.29) is 18.6 Å². The van der Waals surface area contributed by atoms with Crippen LogP contribution in [0, 0.1) is 6.92 Å². The number of carbonyl (C=O) groups excluding carboxylic acids is 1. The van der Waals surface area contributed by atoms with E-state index in [2.05, 4.69) is 5.32 Å². The molecule has 0 radical (unpaired) electrons. The van der Waals surface area contributed by atoms with Gasteiger partial charge in [0.25, 0.3) is 0 Å². The SMILES string of the molecule is Cc1ccc(N(CCCC(=O)NCCCc2ccc(OC(C)C)cc2)S(C)(=O)=O)cc1. The average Bonchev–Trinajstić information content (AvgIpc) is 2.69. The lowest BCUT2D eigenvalue weighted by Crippen LogP contribution is -2.32. The van der Waals surface area contributed by atoms with Crippen LogP contribution < -0.4 is 14.4 Å². The van der Waals surface area contributed by atoms with Crippen LogP contribution in [-0.2, 0) is 21.2 Å². The first-order valence-electron chi connectivity index (χ1n) is 10.7. The number of nitrogens with one attached hydrogen (secondary N) is 1. The Labute approximate surface area is 186 Å². The molecule has 2 aromatic carbocycles. The summed E-state index contributed by atoms with van der Waals surface area (Å²) in [6.45, 7) is 6.82. The third-order valence-electron chi connectivity index (χ3n) is 4.75. The van der Waals surface area contributed by atoms with Crippen molar-refractivity contribution in [3.63, 3.8) is 0 Å². The molecular formula is C24H34N2O4S. The van der Waals surface area contributed by atoms with Crippen LogP contribution in [0.2, 0.25) is 0 Å². The Morgan fingerprint density at radius 3 is 2.26 bits per heavy atom. The molecule has 6 nitrogen and oxygen atoms in total. The van der Waals surface area contributed by atoms with Gasteiger partial charge < -0.3 is 10.1 Å². The summed E-state index contributed by atoms with van der Waals surface area (Å²) in [5.74, 6) is 0.805. The van der Waals surface area contributed by atoms with Gasteiger partial charge in [-0.1, -0.05) is 29.8 Å². The molecule has 0 aromatic heterocycles. The minimum atomic E-state index is -3.40. The quantitative estimate of drug-likeness (QED) is 0.499. The van der Waals surface area contributed by atoms with Gasteiger partial charge in [-0.15, -0.1) is 0 Å². The summed E-state index contributed by atoms with van der Waals surface area (Å²) in [7, 11) is -3.40. The summed E-state index contributed by atoms with van der Waals surface area (Å²) in [5.41, 5.74) is 2.89. The van der Waals surface area contributed by atoms with Gasteiger partial charge in [0.2, 0.25) is 15.9 Å². The Balaban J connectivity index is 1.70. The Morgan fingerprint density at radius 2 is 1.68 bits per heavy atom. The minimum Gasteiger partial charge on any atom is -0.491 e. The zero-order chi connectivity index (χ0) is 22.9. The number of carbonyl (C=O) groups is 1. The van der Waals surface area contributed by atoms with E-state index in [0.29, 0.717) is 25.1 Å². The zero-order valence-electron chi connectivity index (χ0n) is 18.9. The predicted octanol–water partition coefficient (Wildman–Crippen LogP) is 4.08. The van der Waals surface area contributed by atoms with Gasteiger partial charge in [-0.25, -0.2) is 8.42 Å². The van der Waals surface area contributed by atoms with Crippen molar-refractivity contribution < 1.29 is 17.9 Å². The highest BCUT2D eigenvalue weighted by molar-refractivity contribution is 7.92. The third-order valence-corrected chi connectivity index (χ3v) is 5.94. The normalized spacial score (nSPS) is 11.4. The topological polar surface area (TPSA) is 75.7 Å². The predicted molar refractivity (Wildman–Crippen MR) is 126 cm³/mol. The number of ether oxygens (including phenoxy) is 1. The number of aryl methyl sites for hydroxylation is 2. The van der Waals surface area contributed by atoms with Gasteiger partial charge in [0.15, 0.2) is 0 Å². The van der Waals surface area contributed by atoms with Crippen molar-refractivity contribution in [1.82, 2.24) is 5.32 Å². The van der Waals surface area contributed by atoms with Crippen LogP contribution in [0.3, 0.4) is 0 Å². The Hall–Kier alpha value is -2.54. The van der Waals surface area contributed by atoms with E-state index in [1.807, 2.05) is 57.2 Å². The smallest absolute Gasteiger partial charge is 0.232 e. The molecule has 0 saturated heterocycles. The molecule has 0 saturated carbocycles. The zero-order valence-corrected chi connectivity index (χ0v) is 19.7. The minimum absolute atomic E-state index is 0.0574. The molecule has 0 fully saturated rings. The number of amides is 1. The van der Waals surface area contributed by atoms with Gasteiger partial charge in [0.1, 0.15) is 5.75 Å². The van der Waals surface area contributed by atoms with Crippen LogP contribution in [-0.4, -0.2) is 39.8 Å². The second-order valence-electron chi connectivity index (χ2n) is 8.04. The van der Waals surface area contributed by atoms with Crippen LogP contribution >= 0.6 is 0 Å². The summed E-state index contributed by atoms with van der Waals surface area (Å²) in [6.07, 6.45) is 3.81. The number of benzene rings is 2. The Bertz CT molecular complexity index is 923. The monoisotopic (exact) mass is 446 g/mol. The first-order valence-corrected chi connectivity index (χ1v) is 12.6. The van der Waals surface area contributed by atoms with E-state index in [1.165, 1.54) is 16.1 Å². The van der Waals surface area contributed by atoms with Gasteiger partial charge >= 0.3 is 0 Å². The number of hydrogen-bond donors (Lipinski definition) is 1. The molecule has 0 unspecified atom stereocenters. The maximum Gasteiger partial charge on any atom is 0.232 e. The average molecular weight is 447 g/mol.